The first-order valence-corrected chi connectivity index (χ1v) is 5.19. The molecule has 0 saturated carbocycles. The molecular formula is C9H16N4O3. The summed E-state index contributed by atoms with van der Waals surface area (Å²) in [5, 5.41) is 7.49. The second-order valence-corrected chi connectivity index (χ2v) is 3.56. The Labute approximate surface area is 93.1 Å². The summed E-state index contributed by atoms with van der Waals surface area (Å²) in [7, 11) is 0. The van der Waals surface area contributed by atoms with Gasteiger partial charge < -0.3 is 21.7 Å². The Balaban J connectivity index is 2.19. The van der Waals surface area contributed by atoms with Crippen molar-refractivity contribution in [3.63, 3.8) is 0 Å². The molecule has 1 atom stereocenters. The number of nitrogens with two attached hydrogens (primary N) is 1. The molecule has 3 amide bonds. The molecule has 0 aliphatic carbocycles. The molecule has 7 nitrogen and oxygen atoms in total. The van der Waals surface area contributed by atoms with Crippen molar-refractivity contribution in [3.05, 3.63) is 0 Å². The monoisotopic (exact) mass is 228 g/mol. The highest BCUT2D eigenvalue weighted by Crippen LogP contribution is 2.04. The molecule has 0 aromatic heterocycles. The SMILES string of the molecule is NCCNC(=O)C(=O)NCC1CCC(=O)N1. The molecule has 1 fully saturated rings. The highest BCUT2D eigenvalue weighted by molar-refractivity contribution is 6.35. The van der Waals surface area contributed by atoms with E-state index in [4.69, 9.17) is 5.73 Å². The number of hydrogen-bond donors (Lipinski definition) is 4. The second-order valence-electron chi connectivity index (χ2n) is 3.56. The van der Waals surface area contributed by atoms with Crippen molar-refractivity contribution >= 4 is 17.7 Å². The number of amides is 3. The van der Waals surface area contributed by atoms with Crippen molar-refractivity contribution in [3.8, 4) is 0 Å². The molecule has 0 bridgehead atoms. The summed E-state index contributed by atoms with van der Waals surface area (Å²) in [6.45, 7) is 0.838. The van der Waals surface area contributed by atoms with Crippen molar-refractivity contribution < 1.29 is 14.4 Å². The van der Waals surface area contributed by atoms with Crippen molar-refractivity contribution in [1.29, 1.82) is 0 Å². The molecule has 1 saturated heterocycles. The van der Waals surface area contributed by atoms with Crippen molar-refractivity contribution in [1.82, 2.24) is 16.0 Å². The fourth-order valence-corrected chi connectivity index (χ4v) is 1.39. The molecule has 1 aliphatic rings. The molecule has 1 unspecified atom stereocenters. The van der Waals surface area contributed by atoms with E-state index in [1.165, 1.54) is 0 Å². The maximum absolute atomic E-state index is 11.2. The maximum atomic E-state index is 11.2. The van der Waals surface area contributed by atoms with Crippen LogP contribution in [-0.4, -0.2) is 43.4 Å². The van der Waals surface area contributed by atoms with Crippen LogP contribution < -0.4 is 21.7 Å². The predicted molar refractivity (Wildman–Crippen MR) is 56.2 cm³/mol. The molecule has 1 rings (SSSR count). The number of carbonyl (C=O) groups is 3. The molecular weight excluding hydrogens is 212 g/mol. The summed E-state index contributed by atoms with van der Waals surface area (Å²) < 4.78 is 0. The van der Waals surface area contributed by atoms with Gasteiger partial charge in [0.15, 0.2) is 0 Å². The van der Waals surface area contributed by atoms with Gasteiger partial charge in [-0.25, -0.2) is 0 Å². The fraction of sp³-hybridized carbons (Fsp3) is 0.667. The van der Waals surface area contributed by atoms with Gasteiger partial charge in [-0.3, -0.25) is 14.4 Å². The molecule has 7 heteroatoms. The van der Waals surface area contributed by atoms with E-state index in [0.717, 1.165) is 0 Å². The van der Waals surface area contributed by atoms with E-state index < -0.39 is 11.8 Å². The van der Waals surface area contributed by atoms with Crippen LogP contribution in [0.3, 0.4) is 0 Å². The topological polar surface area (TPSA) is 113 Å². The van der Waals surface area contributed by atoms with Crippen LogP contribution >= 0.6 is 0 Å². The first-order valence-electron chi connectivity index (χ1n) is 5.19. The quantitative estimate of drug-likeness (QED) is 0.397. The lowest BCUT2D eigenvalue weighted by atomic mass is 10.2. The Bertz CT molecular complexity index is 292. The Morgan fingerprint density at radius 1 is 1.38 bits per heavy atom. The van der Waals surface area contributed by atoms with Crippen LogP contribution in [0.1, 0.15) is 12.8 Å². The van der Waals surface area contributed by atoms with Gasteiger partial charge >= 0.3 is 11.8 Å². The van der Waals surface area contributed by atoms with Gasteiger partial charge in [-0.1, -0.05) is 0 Å². The van der Waals surface area contributed by atoms with Crippen molar-refractivity contribution in [2.75, 3.05) is 19.6 Å². The molecule has 90 valence electrons. The summed E-state index contributed by atoms with van der Waals surface area (Å²) in [4.78, 5) is 33.2. The molecule has 0 radical (unpaired) electrons. The van der Waals surface area contributed by atoms with Crippen molar-refractivity contribution in [2.24, 2.45) is 5.73 Å². The second kappa shape index (κ2) is 6.06. The summed E-state index contributed by atoms with van der Waals surface area (Å²) in [6, 6.07) is -0.0706. The van der Waals surface area contributed by atoms with Crippen LogP contribution in [0.15, 0.2) is 0 Å². The zero-order valence-electron chi connectivity index (χ0n) is 8.91. The third-order valence-corrected chi connectivity index (χ3v) is 2.23. The lowest BCUT2D eigenvalue weighted by molar-refractivity contribution is -0.139. The van der Waals surface area contributed by atoms with Crippen LogP contribution in [0.2, 0.25) is 0 Å². The van der Waals surface area contributed by atoms with Gasteiger partial charge in [0.1, 0.15) is 0 Å². The molecule has 5 N–H and O–H groups in total. The van der Waals surface area contributed by atoms with Crippen LogP contribution in [-0.2, 0) is 14.4 Å². The van der Waals surface area contributed by atoms with Crippen LogP contribution in [0.5, 0.6) is 0 Å². The highest BCUT2D eigenvalue weighted by Gasteiger charge is 2.22. The number of carbonyl (C=O) groups excluding carboxylic acids is 3. The summed E-state index contributed by atoms with van der Waals surface area (Å²) in [5.74, 6) is -1.42. The minimum atomic E-state index is -0.699. The Morgan fingerprint density at radius 2 is 2.06 bits per heavy atom. The van der Waals surface area contributed by atoms with Gasteiger partial charge in [-0.15, -0.1) is 0 Å². The lowest BCUT2D eigenvalue weighted by Crippen LogP contribution is -2.45. The zero-order valence-corrected chi connectivity index (χ0v) is 8.91. The maximum Gasteiger partial charge on any atom is 0.309 e. The number of rotatable bonds is 4. The minimum absolute atomic E-state index is 0.0215. The zero-order chi connectivity index (χ0) is 12.0. The average Bonchev–Trinajstić information content (AvgIpc) is 2.68. The van der Waals surface area contributed by atoms with E-state index in [9.17, 15) is 14.4 Å². The number of nitrogens with one attached hydrogen (secondary N) is 3. The third-order valence-electron chi connectivity index (χ3n) is 2.23. The molecule has 1 aliphatic heterocycles. The number of hydrogen-bond acceptors (Lipinski definition) is 4. The van der Waals surface area contributed by atoms with Crippen molar-refractivity contribution in [2.45, 2.75) is 18.9 Å². The van der Waals surface area contributed by atoms with Gasteiger partial charge in [-0.2, -0.15) is 0 Å². The molecule has 0 aromatic rings. The minimum Gasteiger partial charge on any atom is -0.352 e. The Hall–Kier alpha value is -1.63. The van der Waals surface area contributed by atoms with Crippen LogP contribution in [0.25, 0.3) is 0 Å². The van der Waals surface area contributed by atoms with E-state index in [2.05, 4.69) is 16.0 Å². The molecule has 1 heterocycles. The van der Waals surface area contributed by atoms with Gasteiger partial charge in [-0.05, 0) is 6.42 Å². The first kappa shape index (κ1) is 12.4. The first-order chi connectivity index (χ1) is 7.63. The highest BCUT2D eigenvalue weighted by atomic mass is 16.2. The summed E-state index contributed by atoms with van der Waals surface area (Å²) in [6.07, 6.45) is 1.16. The summed E-state index contributed by atoms with van der Waals surface area (Å²) >= 11 is 0. The van der Waals surface area contributed by atoms with E-state index in [1.54, 1.807) is 0 Å². The normalized spacial score (nSPS) is 19.1. The van der Waals surface area contributed by atoms with E-state index in [0.29, 0.717) is 12.8 Å². The van der Waals surface area contributed by atoms with Gasteiger partial charge in [0.2, 0.25) is 5.91 Å². The molecule has 0 aromatic carbocycles. The van der Waals surface area contributed by atoms with Gasteiger partial charge in [0, 0.05) is 32.1 Å². The van der Waals surface area contributed by atoms with Crippen LogP contribution in [0, 0.1) is 0 Å². The third kappa shape index (κ3) is 3.85. The van der Waals surface area contributed by atoms with Crippen LogP contribution in [0.4, 0.5) is 0 Å². The van der Waals surface area contributed by atoms with E-state index >= 15 is 0 Å². The van der Waals surface area contributed by atoms with E-state index in [-0.39, 0.29) is 31.6 Å². The van der Waals surface area contributed by atoms with E-state index in [1.807, 2.05) is 0 Å². The van der Waals surface area contributed by atoms with Gasteiger partial charge in [0.05, 0.1) is 0 Å². The Morgan fingerprint density at radius 3 is 2.62 bits per heavy atom. The standard InChI is InChI=1S/C9H16N4O3/c10-3-4-11-8(15)9(16)12-5-6-1-2-7(14)13-6/h6H,1-5,10H2,(H,11,15)(H,12,16)(H,13,14). The fourth-order valence-electron chi connectivity index (χ4n) is 1.39. The molecule has 0 spiro atoms. The Kier molecular flexibility index (Phi) is 4.71. The largest absolute Gasteiger partial charge is 0.352 e. The van der Waals surface area contributed by atoms with Gasteiger partial charge in [0.25, 0.3) is 0 Å². The lowest BCUT2D eigenvalue weighted by Gasteiger charge is -2.10. The molecule has 16 heavy (non-hydrogen) atoms. The summed E-state index contributed by atoms with van der Waals surface area (Å²) in [5.41, 5.74) is 5.17. The predicted octanol–water partition coefficient (Wildman–Crippen LogP) is -2.54. The average molecular weight is 228 g/mol. The smallest absolute Gasteiger partial charge is 0.309 e.